The number of nitrogens with one attached hydrogen (secondary N) is 2. The summed E-state index contributed by atoms with van der Waals surface area (Å²) in [6.07, 6.45) is 6.08. The first-order valence-electron chi connectivity index (χ1n) is 8.07. The minimum atomic E-state index is -0.681. The van der Waals surface area contributed by atoms with Crippen molar-refractivity contribution in [1.82, 2.24) is 10.7 Å². The number of nitro benzene ring substituents is 1. The number of rotatable bonds is 5. The first-order chi connectivity index (χ1) is 11.9. The Balaban J connectivity index is 2.00. The van der Waals surface area contributed by atoms with Crippen molar-refractivity contribution >= 4 is 29.2 Å². The molecule has 0 unspecified atom stereocenters. The predicted molar refractivity (Wildman–Crippen MR) is 99.2 cm³/mol. The lowest BCUT2D eigenvalue weighted by molar-refractivity contribution is -0.386. The highest BCUT2D eigenvalue weighted by molar-refractivity contribution is 7.80. The van der Waals surface area contributed by atoms with Crippen LogP contribution in [-0.2, 0) is 0 Å². The van der Waals surface area contributed by atoms with Crippen LogP contribution in [0.1, 0.15) is 38.2 Å². The van der Waals surface area contributed by atoms with Gasteiger partial charge in [-0.05, 0) is 37.0 Å². The molecular weight excluding hydrogens is 344 g/mol. The zero-order chi connectivity index (χ0) is 18.4. The van der Waals surface area contributed by atoms with Crippen molar-refractivity contribution in [3.63, 3.8) is 0 Å². The summed E-state index contributed by atoms with van der Waals surface area (Å²) >= 11 is 5.23. The molecule has 0 aromatic heterocycles. The summed E-state index contributed by atoms with van der Waals surface area (Å²) in [5, 5.41) is 28.4. The number of thiocarbonyl (C=S) groups is 1. The van der Waals surface area contributed by atoms with Gasteiger partial charge in [0.1, 0.15) is 0 Å². The average Bonchev–Trinajstić information content (AvgIpc) is 2.58. The molecule has 0 radical (unpaired) electrons. The molecule has 2 atom stereocenters. The summed E-state index contributed by atoms with van der Waals surface area (Å²) in [7, 11) is 1.32. The number of nitrogens with zero attached hydrogens (tertiary/aromatic N) is 2. The number of aromatic hydroxyl groups is 1. The van der Waals surface area contributed by atoms with E-state index in [1.165, 1.54) is 44.7 Å². The topological polar surface area (TPSA) is 109 Å². The smallest absolute Gasteiger partial charge is 0.315 e. The van der Waals surface area contributed by atoms with E-state index < -0.39 is 16.4 Å². The zero-order valence-electron chi connectivity index (χ0n) is 14.2. The largest absolute Gasteiger partial charge is 0.500 e. The average molecular weight is 366 g/mol. The summed E-state index contributed by atoms with van der Waals surface area (Å²) in [6, 6.07) is 2.99. The third-order valence-electron chi connectivity index (χ3n) is 4.30. The van der Waals surface area contributed by atoms with Gasteiger partial charge >= 0.3 is 5.69 Å². The Morgan fingerprint density at radius 3 is 2.84 bits per heavy atom. The van der Waals surface area contributed by atoms with Gasteiger partial charge in [0.05, 0.1) is 18.2 Å². The van der Waals surface area contributed by atoms with Gasteiger partial charge in [0.2, 0.25) is 5.75 Å². The number of phenols is 1. The maximum atomic E-state index is 11.0. The van der Waals surface area contributed by atoms with E-state index in [1.54, 1.807) is 0 Å². The van der Waals surface area contributed by atoms with Gasteiger partial charge in [0.25, 0.3) is 0 Å². The summed E-state index contributed by atoms with van der Waals surface area (Å²) < 4.78 is 4.94. The lowest BCUT2D eigenvalue weighted by atomic mass is 9.86. The normalized spacial score (nSPS) is 20.2. The molecule has 1 aromatic rings. The molecule has 0 amide bonds. The third-order valence-corrected chi connectivity index (χ3v) is 4.51. The number of ether oxygens (including phenoxy) is 1. The molecule has 0 bridgehead atoms. The molecule has 9 heteroatoms. The molecule has 1 aliphatic carbocycles. The summed E-state index contributed by atoms with van der Waals surface area (Å²) in [6.45, 7) is 2.20. The second-order valence-electron chi connectivity index (χ2n) is 6.06. The highest BCUT2D eigenvalue weighted by Gasteiger charge is 2.21. The molecule has 25 heavy (non-hydrogen) atoms. The number of hydrazone groups is 1. The molecule has 2 rings (SSSR count). The van der Waals surface area contributed by atoms with Crippen LogP contribution in [-0.4, -0.2) is 34.5 Å². The van der Waals surface area contributed by atoms with Gasteiger partial charge in [-0.15, -0.1) is 0 Å². The number of benzene rings is 1. The molecular formula is C16H22N4O4S. The second-order valence-corrected chi connectivity index (χ2v) is 6.47. The standard InChI is InChI=1S/C16H22N4O4S/c1-10-5-3-4-6-12(10)18-16(25)19-17-9-11-7-13(20(22)23)15(21)14(8-11)24-2/h7-10,12,21H,3-6H2,1-2H3,(H2,18,19,25)/b17-9+/t10-,12-/m0/s1. The number of hydrogen-bond donors (Lipinski definition) is 3. The molecule has 0 heterocycles. The lowest BCUT2D eigenvalue weighted by Crippen LogP contribution is -2.44. The molecule has 0 spiro atoms. The van der Waals surface area contributed by atoms with Crippen molar-refractivity contribution in [2.75, 3.05) is 7.11 Å². The lowest BCUT2D eigenvalue weighted by Gasteiger charge is -2.30. The number of methoxy groups -OCH3 is 1. The highest BCUT2D eigenvalue weighted by Crippen LogP contribution is 2.36. The molecule has 0 aliphatic heterocycles. The van der Waals surface area contributed by atoms with Crippen LogP contribution in [0.4, 0.5) is 5.69 Å². The van der Waals surface area contributed by atoms with Gasteiger partial charge in [-0.1, -0.05) is 19.8 Å². The van der Waals surface area contributed by atoms with E-state index in [9.17, 15) is 15.2 Å². The van der Waals surface area contributed by atoms with Crippen molar-refractivity contribution in [3.05, 3.63) is 27.8 Å². The fourth-order valence-corrected chi connectivity index (χ4v) is 3.08. The van der Waals surface area contributed by atoms with Crippen LogP contribution in [0.25, 0.3) is 0 Å². The van der Waals surface area contributed by atoms with Crippen LogP contribution in [0.15, 0.2) is 17.2 Å². The SMILES string of the molecule is COc1cc(/C=N/NC(=S)N[C@H]2CCCC[C@@H]2C)cc([N+](=O)[O-])c1O. The van der Waals surface area contributed by atoms with Crippen molar-refractivity contribution in [3.8, 4) is 11.5 Å². The number of phenolic OH excluding ortho intramolecular Hbond substituents is 1. The third kappa shape index (κ3) is 5.02. The number of hydrogen-bond acceptors (Lipinski definition) is 6. The molecule has 1 fully saturated rings. The van der Waals surface area contributed by atoms with Gasteiger partial charge in [-0.25, -0.2) is 0 Å². The van der Waals surface area contributed by atoms with Gasteiger partial charge in [0, 0.05) is 17.7 Å². The van der Waals surface area contributed by atoms with Gasteiger partial charge in [-0.3, -0.25) is 15.5 Å². The van der Waals surface area contributed by atoms with E-state index in [-0.39, 0.29) is 5.75 Å². The number of nitro groups is 1. The van der Waals surface area contributed by atoms with E-state index >= 15 is 0 Å². The first kappa shape index (κ1) is 18.9. The van der Waals surface area contributed by atoms with E-state index in [4.69, 9.17) is 17.0 Å². The highest BCUT2D eigenvalue weighted by atomic mass is 32.1. The molecule has 0 saturated heterocycles. The maximum Gasteiger partial charge on any atom is 0.315 e. The van der Waals surface area contributed by atoms with Gasteiger partial charge < -0.3 is 15.2 Å². The van der Waals surface area contributed by atoms with Crippen LogP contribution in [0.2, 0.25) is 0 Å². The van der Waals surface area contributed by atoms with Crippen LogP contribution >= 0.6 is 12.2 Å². The van der Waals surface area contributed by atoms with E-state index in [1.807, 2.05) is 0 Å². The van der Waals surface area contributed by atoms with Crippen molar-refractivity contribution < 1.29 is 14.8 Å². The Morgan fingerprint density at radius 2 is 2.20 bits per heavy atom. The summed E-state index contributed by atoms with van der Waals surface area (Å²) in [4.78, 5) is 10.3. The second kappa shape index (κ2) is 8.61. The van der Waals surface area contributed by atoms with E-state index in [0.717, 1.165) is 6.42 Å². The Morgan fingerprint density at radius 1 is 1.48 bits per heavy atom. The van der Waals surface area contributed by atoms with E-state index in [2.05, 4.69) is 22.8 Å². The monoisotopic (exact) mass is 366 g/mol. The van der Waals surface area contributed by atoms with Crippen LogP contribution in [0, 0.1) is 16.0 Å². The molecule has 8 nitrogen and oxygen atoms in total. The minimum Gasteiger partial charge on any atom is -0.500 e. The summed E-state index contributed by atoms with van der Waals surface area (Å²) in [5.74, 6) is 0.0509. The quantitative estimate of drug-likeness (QED) is 0.318. The van der Waals surface area contributed by atoms with E-state index in [0.29, 0.717) is 22.6 Å². The molecule has 3 N–H and O–H groups in total. The zero-order valence-corrected chi connectivity index (χ0v) is 15.0. The Hall–Kier alpha value is -2.42. The van der Waals surface area contributed by atoms with Crippen molar-refractivity contribution in [1.29, 1.82) is 0 Å². The Kier molecular flexibility index (Phi) is 6.51. The first-order valence-corrected chi connectivity index (χ1v) is 8.48. The fraction of sp³-hybridized carbons (Fsp3) is 0.500. The van der Waals surface area contributed by atoms with Gasteiger partial charge in [0.15, 0.2) is 10.9 Å². The van der Waals surface area contributed by atoms with Gasteiger partial charge in [-0.2, -0.15) is 5.10 Å². The maximum absolute atomic E-state index is 11.0. The Labute approximate surface area is 151 Å². The van der Waals surface area contributed by atoms with Crippen molar-refractivity contribution in [2.24, 2.45) is 11.0 Å². The summed E-state index contributed by atoms with van der Waals surface area (Å²) in [5.41, 5.74) is 2.67. The minimum absolute atomic E-state index is 0.00684. The van der Waals surface area contributed by atoms with Crippen LogP contribution < -0.4 is 15.5 Å². The molecule has 1 aliphatic rings. The van der Waals surface area contributed by atoms with Crippen LogP contribution in [0.5, 0.6) is 11.5 Å². The predicted octanol–water partition coefficient (Wildman–Crippen LogP) is 2.69. The molecule has 136 valence electrons. The van der Waals surface area contributed by atoms with Crippen molar-refractivity contribution in [2.45, 2.75) is 38.6 Å². The van der Waals surface area contributed by atoms with Crippen LogP contribution in [0.3, 0.4) is 0 Å². The molecule has 1 saturated carbocycles. The Bertz CT molecular complexity index is 680. The fourth-order valence-electron chi connectivity index (χ4n) is 2.88. The molecule has 1 aromatic carbocycles.